The molecule has 0 N–H and O–H groups in total. The number of carbonyl (C=O) groups is 3. The van der Waals surface area contributed by atoms with Gasteiger partial charge in [0.2, 0.25) is 0 Å². The first kappa shape index (κ1) is 29.8. The second-order valence-electron chi connectivity index (χ2n) is 16.2. The minimum absolute atomic E-state index is 0.0379. The van der Waals surface area contributed by atoms with Gasteiger partial charge in [-0.2, -0.15) is 0 Å². The van der Waals surface area contributed by atoms with E-state index >= 15 is 0 Å². The van der Waals surface area contributed by atoms with Crippen molar-refractivity contribution in [1.82, 2.24) is 5.06 Å². The first-order valence-corrected chi connectivity index (χ1v) is 15.7. The molecule has 0 radical (unpaired) electrons. The summed E-state index contributed by atoms with van der Waals surface area (Å²) in [4.78, 5) is 45.3. The summed E-state index contributed by atoms with van der Waals surface area (Å²) in [5.41, 5.74) is 0.354. The zero-order valence-corrected chi connectivity index (χ0v) is 26.7. The zero-order valence-electron chi connectivity index (χ0n) is 26.7. The van der Waals surface area contributed by atoms with Crippen LogP contribution in [-0.2, 0) is 24.0 Å². The lowest BCUT2D eigenvalue weighted by Gasteiger charge is -2.70. The Balaban J connectivity index is 1.55. The molecule has 0 aromatic heterocycles. The quantitative estimate of drug-likeness (QED) is 0.279. The molecule has 5 rings (SSSR count). The predicted molar refractivity (Wildman–Crippen MR) is 155 cm³/mol. The van der Waals surface area contributed by atoms with Crippen LogP contribution in [0.5, 0.6) is 0 Å². The van der Waals surface area contributed by atoms with Gasteiger partial charge in [0.05, 0.1) is 7.11 Å². The average Bonchev–Trinajstić information content (AvgIpc) is 2.87. The molecule has 224 valence electrons. The molecule has 0 spiro atoms. The van der Waals surface area contributed by atoms with E-state index in [0.717, 1.165) is 57.8 Å². The monoisotopic (exact) mass is 555 g/mol. The fraction of sp³-hybridized carbons (Fsp3) is 0.853. The number of hydrogen-bond acceptors (Lipinski definition) is 5. The minimum atomic E-state index is -0.502. The van der Waals surface area contributed by atoms with Crippen molar-refractivity contribution < 1.29 is 24.0 Å². The Hall–Kier alpha value is -1.69. The van der Waals surface area contributed by atoms with E-state index in [2.05, 4.69) is 54.5 Å². The van der Waals surface area contributed by atoms with Crippen LogP contribution in [0.15, 0.2) is 11.6 Å². The molecular formula is C34H53NO5. The summed E-state index contributed by atoms with van der Waals surface area (Å²) < 4.78 is 5.85. The largest absolute Gasteiger partial charge is 0.462 e. The van der Waals surface area contributed by atoms with E-state index in [1.807, 2.05) is 0 Å². The van der Waals surface area contributed by atoms with Gasteiger partial charge >= 0.3 is 5.97 Å². The molecule has 5 aliphatic carbocycles. The molecule has 0 aliphatic heterocycles. The van der Waals surface area contributed by atoms with E-state index in [9.17, 15) is 14.4 Å². The van der Waals surface area contributed by atoms with Crippen molar-refractivity contribution in [2.24, 2.45) is 50.2 Å². The summed E-state index contributed by atoms with van der Waals surface area (Å²) >= 11 is 0. The molecule has 1 unspecified atom stereocenters. The summed E-state index contributed by atoms with van der Waals surface area (Å²) in [6.45, 7) is 17.8. The summed E-state index contributed by atoms with van der Waals surface area (Å²) in [5.74, 6) is 0.591. The van der Waals surface area contributed by atoms with Crippen molar-refractivity contribution in [3.05, 3.63) is 11.6 Å². The molecule has 0 aromatic rings. The van der Waals surface area contributed by atoms with Crippen LogP contribution in [0.2, 0.25) is 0 Å². The van der Waals surface area contributed by atoms with E-state index in [1.54, 1.807) is 14.2 Å². The maximum atomic E-state index is 14.5. The van der Waals surface area contributed by atoms with Crippen LogP contribution in [0.25, 0.3) is 0 Å². The number of carbonyl (C=O) groups excluding carboxylic acids is 3. The van der Waals surface area contributed by atoms with Crippen molar-refractivity contribution in [3.8, 4) is 0 Å². The topological polar surface area (TPSA) is 72.9 Å². The summed E-state index contributed by atoms with van der Waals surface area (Å²) in [6, 6.07) is 0. The molecule has 0 bridgehead atoms. The SMILES string of the molecule is CON(C)C(=O)[C@@]1(C)CC[C@]2(C)CC[C@]3(C)C(=CC(=O)[C@@H]4[C@@]5(C)CC[C@H](OC(C)=O)C(C)(C)C5CC[C@]43C)[C@H]2C1. The van der Waals surface area contributed by atoms with Gasteiger partial charge in [-0.1, -0.05) is 54.0 Å². The van der Waals surface area contributed by atoms with E-state index in [-0.39, 0.29) is 56.9 Å². The fourth-order valence-electron chi connectivity index (χ4n) is 11.2. The third-order valence-electron chi connectivity index (χ3n) is 13.9. The molecule has 40 heavy (non-hydrogen) atoms. The number of ether oxygens (including phenoxy) is 1. The smallest absolute Gasteiger partial charge is 0.302 e. The van der Waals surface area contributed by atoms with Gasteiger partial charge in [-0.15, -0.1) is 0 Å². The van der Waals surface area contributed by atoms with Gasteiger partial charge in [-0.25, -0.2) is 5.06 Å². The molecule has 0 heterocycles. The van der Waals surface area contributed by atoms with E-state index < -0.39 is 5.41 Å². The molecular weight excluding hydrogens is 502 g/mol. The molecule has 0 saturated heterocycles. The number of allylic oxidation sites excluding steroid dienone is 2. The summed E-state index contributed by atoms with van der Waals surface area (Å²) in [6.07, 6.45) is 10.6. The lowest BCUT2D eigenvalue weighted by atomic mass is 9.33. The third kappa shape index (κ3) is 3.86. The number of hydrogen-bond donors (Lipinski definition) is 0. The molecule has 6 nitrogen and oxygen atoms in total. The van der Waals surface area contributed by atoms with Gasteiger partial charge in [0.15, 0.2) is 5.78 Å². The second-order valence-corrected chi connectivity index (χ2v) is 16.2. The maximum absolute atomic E-state index is 14.5. The van der Waals surface area contributed by atoms with Crippen LogP contribution in [0.3, 0.4) is 0 Å². The Morgan fingerprint density at radius 3 is 2.20 bits per heavy atom. The highest BCUT2D eigenvalue weighted by Crippen LogP contribution is 2.75. The van der Waals surface area contributed by atoms with Crippen molar-refractivity contribution in [3.63, 3.8) is 0 Å². The van der Waals surface area contributed by atoms with Crippen LogP contribution in [-0.4, -0.2) is 43.0 Å². The van der Waals surface area contributed by atoms with Gasteiger partial charge in [0, 0.05) is 30.7 Å². The Bertz CT molecular complexity index is 1140. The Kier molecular flexibility index (Phi) is 6.82. The standard InChI is InChI=1S/C34H53NO5/c1-21(36)40-26-12-13-32(6)25(29(26,2)3)11-14-34(8)27(32)24(37)19-22-23-20-31(5,28(38)35(9)39-10)16-15-30(23,4)17-18-33(22,34)7/h19,23,25-27H,11-18,20H2,1-10H3/t23-,25?,26+,27-,30-,31+,32+,33-,34-/m1/s1. The highest BCUT2D eigenvalue weighted by molar-refractivity contribution is 5.95. The third-order valence-corrected chi connectivity index (χ3v) is 13.9. The zero-order chi connectivity index (χ0) is 29.7. The first-order chi connectivity index (χ1) is 18.4. The minimum Gasteiger partial charge on any atom is -0.462 e. The number of nitrogens with zero attached hydrogens (tertiary/aromatic N) is 1. The average molecular weight is 556 g/mol. The highest BCUT2D eigenvalue weighted by Gasteiger charge is 2.70. The van der Waals surface area contributed by atoms with E-state index in [1.165, 1.54) is 17.6 Å². The molecule has 6 heteroatoms. The van der Waals surface area contributed by atoms with Gasteiger partial charge in [0.1, 0.15) is 6.10 Å². The number of hydroxylamine groups is 2. The number of esters is 1. The van der Waals surface area contributed by atoms with E-state index in [4.69, 9.17) is 9.57 Å². The first-order valence-electron chi connectivity index (χ1n) is 15.7. The molecule has 4 fully saturated rings. The maximum Gasteiger partial charge on any atom is 0.302 e. The van der Waals surface area contributed by atoms with Crippen molar-refractivity contribution in [2.45, 2.75) is 119 Å². The fourth-order valence-corrected chi connectivity index (χ4v) is 11.2. The normalized spacial score (nSPS) is 47.5. The Morgan fingerprint density at radius 1 is 0.925 bits per heavy atom. The summed E-state index contributed by atoms with van der Waals surface area (Å²) in [5, 5.41) is 1.39. The van der Waals surface area contributed by atoms with Crippen molar-refractivity contribution >= 4 is 17.7 Å². The highest BCUT2D eigenvalue weighted by atomic mass is 16.7. The van der Waals surface area contributed by atoms with Crippen LogP contribution in [0.4, 0.5) is 0 Å². The molecule has 0 aromatic carbocycles. The lowest BCUT2D eigenvalue weighted by molar-refractivity contribution is -0.211. The molecule has 4 saturated carbocycles. The second kappa shape index (κ2) is 9.15. The molecule has 1 amide bonds. The van der Waals surface area contributed by atoms with Crippen LogP contribution < -0.4 is 0 Å². The lowest BCUT2D eigenvalue weighted by Crippen LogP contribution is -2.66. The van der Waals surface area contributed by atoms with Gasteiger partial charge < -0.3 is 4.74 Å². The van der Waals surface area contributed by atoms with E-state index in [0.29, 0.717) is 11.7 Å². The number of ketones is 1. The Labute approximate surface area is 241 Å². The van der Waals surface area contributed by atoms with Crippen molar-refractivity contribution in [2.75, 3.05) is 14.2 Å². The van der Waals surface area contributed by atoms with Crippen LogP contribution in [0.1, 0.15) is 113 Å². The molecule has 9 atom stereocenters. The predicted octanol–water partition coefficient (Wildman–Crippen LogP) is 6.92. The summed E-state index contributed by atoms with van der Waals surface area (Å²) in [7, 11) is 3.26. The van der Waals surface area contributed by atoms with Crippen LogP contribution in [0, 0.1) is 50.2 Å². The number of amides is 1. The van der Waals surface area contributed by atoms with Crippen molar-refractivity contribution in [1.29, 1.82) is 0 Å². The number of rotatable bonds is 3. The Morgan fingerprint density at radius 2 is 1.57 bits per heavy atom. The van der Waals surface area contributed by atoms with Gasteiger partial charge in [0.25, 0.3) is 5.91 Å². The van der Waals surface area contributed by atoms with Gasteiger partial charge in [-0.05, 0) is 97.4 Å². The van der Waals surface area contributed by atoms with Crippen LogP contribution >= 0.6 is 0 Å². The molecule has 5 aliphatic rings. The van der Waals surface area contributed by atoms with Gasteiger partial charge in [-0.3, -0.25) is 19.2 Å². The number of fused-ring (bicyclic) bond motifs is 7.